The minimum atomic E-state index is -1.02. The molecule has 6 rings (SSSR count). The highest BCUT2D eigenvalue weighted by Gasteiger charge is 2.38. The van der Waals surface area contributed by atoms with Gasteiger partial charge >= 0.3 is 12.0 Å². The van der Waals surface area contributed by atoms with Crippen molar-refractivity contribution in [3.05, 3.63) is 155 Å². The van der Waals surface area contributed by atoms with Crippen LogP contribution in [0.4, 0.5) is 4.79 Å². The minimum Gasteiger partial charge on any atom is -0.478 e. The number of ether oxygens (including phenoxy) is 2. The van der Waals surface area contributed by atoms with Gasteiger partial charge in [0.05, 0.1) is 24.4 Å². The van der Waals surface area contributed by atoms with Crippen LogP contribution >= 0.6 is 11.8 Å². The Bertz CT molecular complexity index is 1910. The average molecular weight is 690 g/mol. The van der Waals surface area contributed by atoms with Crippen LogP contribution in [0, 0.1) is 5.92 Å². The standard InChI is InChI=1S/C40H39N3O6S/c1-26-35(25-50-37-34(38(45)46)14-7-19-41-37)48-39(49-36(26)30-17-15-28(24-44)16-18-30)33-13-6-12-32(21-33)31-11-5-10-29(20-31)23-43-40(47)42-22-27-8-3-2-4-9-27/h2-21,26,35-36,39,44H,22-25H2,1H3,(H,45,46)(H2,42,43,47)/t26-,35+,36+,39+/m0/s1. The second-order valence-corrected chi connectivity index (χ2v) is 13.2. The van der Waals surface area contributed by atoms with Crippen molar-refractivity contribution in [2.75, 3.05) is 5.75 Å². The number of carbonyl (C=O) groups excluding carboxylic acids is 1. The lowest BCUT2D eigenvalue weighted by atomic mass is 9.91. The summed E-state index contributed by atoms with van der Waals surface area (Å²) in [5.41, 5.74) is 6.72. The number of hydrogen-bond acceptors (Lipinski definition) is 7. The summed E-state index contributed by atoms with van der Waals surface area (Å²) in [6, 6.07) is 36.5. The summed E-state index contributed by atoms with van der Waals surface area (Å²) in [5, 5.41) is 25.5. The van der Waals surface area contributed by atoms with Gasteiger partial charge in [-0.3, -0.25) is 0 Å². The Kier molecular flexibility index (Phi) is 11.6. The number of aliphatic hydroxyl groups is 1. The van der Waals surface area contributed by atoms with Crippen molar-refractivity contribution in [2.24, 2.45) is 5.92 Å². The molecule has 5 aromatic rings. The lowest BCUT2D eigenvalue weighted by molar-refractivity contribution is -0.268. The summed E-state index contributed by atoms with van der Waals surface area (Å²) in [7, 11) is 0. The molecule has 0 spiro atoms. The molecule has 4 N–H and O–H groups in total. The number of hydrogen-bond donors (Lipinski definition) is 4. The monoisotopic (exact) mass is 689 g/mol. The predicted molar refractivity (Wildman–Crippen MR) is 192 cm³/mol. The van der Waals surface area contributed by atoms with Gasteiger partial charge in [-0.2, -0.15) is 0 Å². The summed E-state index contributed by atoms with van der Waals surface area (Å²) in [6.45, 7) is 2.84. The molecule has 10 heteroatoms. The predicted octanol–water partition coefficient (Wildman–Crippen LogP) is 7.52. The first-order chi connectivity index (χ1) is 24.4. The van der Waals surface area contributed by atoms with Crippen LogP contribution in [0.15, 0.2) is 126 Å². The molecule has 2 heterocycles. The molecule has 0 bridgehead atoms. The van der Waals surface area contributed by atoms with Crippen LogP contribution in [-0.2, 0) is 29.2 Å². The number of carbonyl (C=O) groups is 2. The first-order valence-electron chi connectivity index (χ1n) is 16.4. The van der Waals surface area contributed by atoms with Crippen LogP contribution in [0.5, 0.6) is 0 Å². The summed E-state index contributed by atoms with van der Waals surface area (Å²) >= 11 is 1.36. The Hall–Kier alpha value is -5.00. The van der Waals surface area contributed by atoms with E-state index in [4.69, 9.17) is 9.47 Å². The number of pyridine rings is 1. The number of amides is 2. The second kappa shape index (κ2) is 16.6. The van der Waals surface area contributed by atoms with E-state index in [0.717, 1.165) is 38.9 Å². The van der Waals surface area contributed by atoms with Crippen molar-refractivity contribution >= 4 is 23.8 Å². The number of aliphatic hydroxyl groups excluding tert-OH is 1. The number of carboxylic acid groups (broad SMARTS) is 1. The molecule has 256 valence electrons. The number of nitrogens with one attached hydrogen (secondary N) is 2. The number of benzene rings is 4. The van der Waals surface area contributed by atoms with Crippen LogP contribution in [0.3, 0.4) is 0 Å². The molecule has 0 aliphatic carbocycles. The third kappa shape index (κ3) is 8.77. The zero-order valence-electron chi connectivity index (χ0n) is 27.6. The number of aromatic carboxylic acids is 1. The third-order valence-electron chi connectivity index (χ3n) is 8.68. The van der Waals surface area contributed by atoms with Gasteiger partial charge in [0.1, 0.15) is 5.03 Å². The van der Waals surface area contributed by atoms with Crippen molar-refractivity contribution in [1.82, 2.24) is 15.6 Å². The van der Waals surface area contributed by atoms with Gasteiger partial charge in [-0.15, -0.1) is 11.8 Å². The molecule has 4 aromatic carbocycles. The summed E-state index contributed by atoms with van der Waals surface area (Å²) in [4.78, 5) is 28.6. The van der Waals surface area contributed by atoms with Gasteiger partial charge in [-0.1, -0.05) is 97.9 Å². The van der Waals surface area contributed by atoms with E-state index in [2.05, 4.69) is 34.7 Å². The number of rotatable bonds is 12. The van der Waals surface area contributed by atoms with E-state index in [1.54, 1.807) is 18.3 Å². The van der Waals surface area contributed by atoms with Gasteiger partial charge in [0.2, 0.25) is 0 Å². The molecule has 50 heavy (non-hydrogen) atoms. The molecule has 0 saturated carbocycles. The molecule has 9 nitrogen and oxygen atoms in total. The fraction of sp³-hybridized carbons (Fsp3) is 0.225. The fourth-order valence-corrected chi connectivity index (χ4v) is 7.04. The van der Waals surface area contributed by atoms with Crippen molar-refractivity contribution in [2.45, 2.75) is 50.1 Å². The number of thioether (sulfide) groups is 1. The zero-order valence-corrected chi connectivity index (χ0v) is 28.4. The highest BCUT2D eigenvalue weighted by Crippen LogP contribution is 2.43. The Morgan fingerprint density at radius 3 is 2.20 bits per heavy atom. The molecule has 0 unspecified atom stereocenters. The molecule has 4 atom stereocenters. The van der Waals surface area contributed by atoms with Gasteiger partial charge in [-0.25, -0.2) is 14.6 Å². The maximum absolute atomic E-state index is 12.5. The lowest BCUT2D eigenvalue weighted by Gasteiger charge is -2.41. The lowest BCUT2D eigenvalue weighted by Crippen LogP contribution is -2.38. The van der Waals surface area contributed by atoms with Crippen molar-refractivity contribution < 1.29 is 29.3 Å². The smallest absolute Gasteiger partial charge is 0.338 e. The van der Waals surface area contributed by atoms with Crippen molar-refractivity contribution in [1.29, 1.82) is 0 Å². The topological polar surface area (TPSA) is 130 Å². The maximum Gasteiger partial charge on any atom is 0.338 e. The van der Waals surface area contributed by atoms with E-state index < -0.39 is 12.3 Å². The molecule has 1 saturated heterocycles. The zero-order chi connectivity index (χ0) is 34.9. The second-order valence-electron chi connectivity index (χ2n) is 12.1. The molecular weight excluding hydrogens is 651 g/mol. The fourth-order valence-electron chi connectivity index (χ4n) is 5.89. The van der Waals surface area contributed by atoms with Crippen LogP contribution < -0.4 is 10.6 Å². The number of nitrogens with zero attached hydrogens (tertiary/aromatic N) is 1. The minimum absolute atomic E-state index is 0.0478. The molecule has 2 amide bonds. The van der Waals surface area contributed by atoms with Crippen LogP contribution in [0.25, 0.3) is 11.1 Å². The maximum atomic E-state index is 12.5. The molecule has 1 aliphatic rings. The van der Waals surface area contributed by atoms with Gasteiger partial charge in [-0.05, 0) is 57.6 Å². The normalized spacial score (nSPS) is 18.7. The van der Waals surface area contributed by atoms with Crippen molar-refractivity contribution in [3.63, 3.8) is 0 Å². The van der Waals surface area contributed by atoms with Crippen LogP contribution in [-0.4, -0.2) is 39.1 Å². The van der Waals surface area contributed by atoms with E-state index in [0.29, 0.717) is 23.9 Å². The highest BCUT2D eigenvalue weighted by molar-refractivity contribution is 7.99. The Morgan fingerprint density at radius 2 is 1.46 bits per heavy atom. The average Bonchev–Trinajstić information content (AvgIpc) is 3.16. The van der Waals surface area contributed by atoms with E-state index in [1.807, 2.05) is 91.0 Å². The Balaban J connectivity index is 1.19. The van der Waals surface area contributed by atoms with Crippen molar-refractivity contribution in [3.8, 4) is 11.1 Å². The quantitative estimate of drug-likeness (QED) is 0.0991. The molecular formula is C40H39N3O6S. The van der Waals surface area contributed by atoms with E-state index in [-0.39, 0.29) is 36.3 Å². The summed E-state index contributed by atoms with van der Waals surface area (Å²) in [6.07, 6.45) is 0.284. The molecule has 1 aromatic heterocycles. The largest absolute Gasteiger partial charge is 0.478 e. The molecule has 1 aliphatic heterocycles. The van der Waals surface area contributed by atoms with Crippen LogP contribution in [0.2, 0.25) is 0 Å². The van der Waals surface area contributed by atoms with Gasteiger partial charge in [0, 0.05) is 36.5 Å². The number of aromatic nitrogens is 1. The molecule has 0 radical (unpaired) electrons. The van der Waals surface area contributed by atoms with Gasteiger partial charge in [0.15, 0.2) is 6.29 Å². The first-order valence-corrected chi connectivity index (χ1v) is 17.4. The van der Waals surface area contributed by atoms with Crippen LogP contribution in [0.1, 0.15) is 57.5 Å². The number of carboxylic acids is 1. The SMILES string of the molecule is C[C@H]1[C@@H](CSc2ncccc2C(=O)O)O[C@@H](c2cccc(-c3cccc(CNC(=O)NCc4ccccc4)c3)c2)O[C@H]1c1ccc(CO)cc1. The number of urea groups is 1. The van der Waals surface area contributed by atoms with Gasteiger partial charge < -0.3 is 30.3 Å². The van der Waals surface area contributed by atoms with E-state index in [9.17, 15) is 19.8 Å². The summed E-state index contributed by atoms with van der Waals surface area (Å²) < 4.78 is 13.3. The summed E-state index contributed by atoms with van der Waals surface area (Å²) in [5.74, 6) is -0.630. The first kappa shape index (κ1) is 34.8. The van der Waals surface area contributed by atoms with E-state index in [1.165, 1.54) is 11.8 Å². The highest BCUT2D eigenvalue weighted by atomic mass is 32.2. The molecule has 1 fully saturated rings. The Labute approximate surface area is 295 Å². The van der Waals surface area contributed by atoms with Gasteiger partial charge in [0.25, 0.3) is 0 Å². The third-order valence-corrected chi connectivity index (χ3v) is 9.77. The van der Waals surface area contributed by atoms with E-state index >= 15 is 0 Å². The Morgan fingerprint density at radius 1 is 0.760 bits per heavy atom.